The molecule has 6 nitrogen and oxygen atoms in total. The highest BCUT2D eigenvalue weighted by Crippen LogP contribution is 2.49. The molecule has 1 aromatic carbocycles. The Bertz CT molecular complexity index is 754. The molecule has 0 unspecified atom stereocenters. The Morgan fingerprint density at radius 3 is 2.38 bits per heavy atom. The van der Waals surface area contributed by atoms with Gasteiger partial charge in [-0.1, -0.05) is 30.3 Å². The fourth-order valence-corrected chi connectivity index (χ4v) is 5.34. The lowest BCUT2D eigenvalue weighted by molar-refractivity contribution is -0.151. The van der Waals surface area contributed by atoms with Gasteiger partial charge in [-0.05, 0) is 31.7 Å². The summed E-state index contributed by atoms with van der Waals surface area (Å²) in [5.41, 5.74) is -0.495. The van der Waals surface area contributed by atoms with Gasteiger partial charge in [0.05, 0.1) is 22.5 Å². The highest BCUT2D eigenvalue weighted by molar-refractivity contribution is 7.91. The summed E-state index contributed by atoms with van der Waals surface area (Å²) in [6, 6.07) is 9.40. The molecule has 2 fully saturated rings. The maximum atomic E-state index is 12.4. The zero-order valence-electron chi connectivity index (χ0n) is 13.6. The van der Waals surface area contributed by atoms with E-state index in [4.69, 9.17) is 4.74 Å². The van der Waals surface area contributed by atoms with Crippen molar-refractivity contribution in [3.8, 4) is 0 Å². The minimum absolute atomic E-state index is 0.0701. The van der Waals surface area contributed by atoms with Gasteiger partial charge >= 0.3 is 5.97 Å². The van der Waals surface area contributed by atoms with Crippen LogP contribution in [-0.4, -0.2) is 43.9 Å². The van der Waals surface area contributed by atoms with Gasteiger partial charge in [-0.25, -0.2) is 8.42 Å². The molecule has 1 aliphatic heterocycles. The lowest BCUT2D eigenvalue weighted by atomic mass is 9.96. The van der Waals surface area contributed by atoms with E-state index < -0.39 is 32.7 Å². The van der Waals surface area contributed by atoms with E-state index in [1.165, 1.54) is 0 Å². The molecular weight excluding hydrogens is 330 g/mol. The monoisotopic (exact) mass is 351 g/mol. The van der Waals surface area contributed by atoms with Crippen molar-refractivity contribution in [3.05, 3.63) is 35.9 Å². The van der Waals surface area contributed by atoms with Crippen LogP contribution in [0.5, 0.6) is 0 Å². The number of hydrogen-bond donors (Lipinski definition) is 1. The molecule has 1 saturated heterocycles. The van der Waals surface area contributed by atoms with Gasteiger partial charge in [0.2, 0.25) is 0 Å². The van der Waals surface area contributed by atoms with Crippen LogP contribution in [0, 0.1) is 0 Å². The first-order valence-electron chi connectivity index (χ1n) is 7.99. The van der Waals surface area contributed by atoms with Gasteiger partial charge in [-0.2, -0.15) is 0 Å². The predicted octanol–water partition coefficient (Wildman–Crippen LogP) is 0.955. The molecule has 24 heavy (non-hydrogen) atoms. The van der Waals surface area contributed by atoms with E-state index in [1.807, 2.05) is 30.3 Å². The molecule has 1 N–H and O–H groups in total. The molecule has 7 heteroatoms. The van der Waals surface area contributed by atoms with Crippen LogP contribution in [0.2, 0.25) is 0 Å². The number of amides is 1. The Balaban J connectivity index is 1.55. The summed E-state index contributed by atoms with van der Waals surface area (Å²) in [5, 5.41) is 2.68. The molecule has 0 spiro atoms. The fourth-order valence-electron chi connectivity index (χ4n) is 3.24. The molecule has 0 aromatic heterocycles. The van der Waals surface area contributed by atoms with Gasteiger partial charge in [0.25, 0.3) is 5.91 Å². The number of benzene rings is 1. The normalized spacial score (nSPS) is 26.5. The topological polar surface area (TPSA) is 89.5 Å². The second-order valence-electron chi connectivity index (χ2n) is 6.98. The molecule has 1 aromatic rings. The molecule has 2 aliphatic rings. The first-order valence-corrected chi connectivity index (χ1v) is 9.81. The minimum Gasteiger partial charge on any atom is -0.455 e. The molecule has 1 heterocycles. The molecule has 1 saturated carbocycles. The third-order valence-electron chi connectivity index (χ3n) is 4.75. The summed E-state index contributed by atoms with van der Waals surface area (Å²) < 4.78 is 28.3. The van der Waals surface area contributed by atoms with Gasteiger partial charge in [0, 0.05) is 0 Å². The van der Waals surface area contributed by atoms with Crippen molar-refractivity contribution < 1.29 is 22.7 Å². The van der Waals surface area contributed by atoms with Crippen molar-refractivity contribution in [2.75, 3.05) is 18.1 Å². The molecule has 1 aliphatic carbocycles. The average Bonchev–Trinajstić information content (AvgIpc) is 3.28. The summed E-state index contributed by atoms with van der Waals surface area (Å²) in [6.45, 7) is 1.31. The highest BCUT2D eigenvalue weighted by Gasteiger charge is 2.52. The third kappa shape index (κ3) is 3.45. The Kier molecular flexibility index (Phi) is 4.15. The van der Waals surface area contributed by atoms with Crippen molar-refractivity contribution in [2.24, 2.45) is 0 Å². The average molecular weight is 351 g/mol. The van der Waals surface area contributed by atoms with Crippen molar-refractivity contribution in [3.63, 3.8) is 0 Å². The molecule has 130 valence electrons. The summed E-state index contributed by atoms with van der Waals surface area (Å²) in [7, 11) is -3.10. The Morgan fingerprint density at radius 2 is 1.83 bits per heavy atom. The predicted molar refractivity (Wildman–Crippen MR) is 88.1 cm³/mol. The van der Waals surface area contributed by atoms with E-state index in [9.17, 15) is 18.0 Å². The maximum Gasteiger partial charge on any atom is 0.317 e. The Hall–Kier alpha value is -1.89. The van der Waals surface area contributed by atoms with E-state index in [1.54, 1.807) is 6.92 Å². The van der Waals surface area contributed by atoms with E-state index in [0.29, 0.717) is 19.3 Å². The number of nitrogens with one attached hydrogen (secondary N) is 1. The number of carbonyl (C=O) groups is 2. The van der Waals surface area contributed by atoms with Gasteiger partial charge in [-0.3, -0.25) is 9.59 Å². The van der Waals surface area contributed by atoms with Crippen LogP contribution in [0.25, 0.3) is 0 Å². The Labute approximate surface area is 141 Å². The first-order chi connectivity index (χ1) is 11.2. The van der Waals surface area contributed by atoms with Crippen LogP contribution < -0.4 is 5.32 Å². The standard InChI is InChI=1S/C17H21NO5S/c1-16(9-10-24(21,22)12-16)18-14(19)11-23-15(20)17(7-8-17)13-5-3-2-4-6-13/h2-6H,7-12H2,1H3,(H,18,19)/t16-/m0/s1. The smallest absolute Gasteiger partial charge is 0.317 e. The summed E-state index contributed by atoms with van der Waals surface area (Å²) in [6.07, 6.45) is 1.81. The molecule has 3 rings (SSSR count). The largest absolute Gasteiger partial charge is 0.455 e. The number of rotatable bonds is 5. The number of esters is 1. The minimum atomic E-state index is -3.10. The summed E-state index contributed by atoms with van der Waals surface area (Å²) >= 11 is 0. The zero-order chi connectivity index (χ0) is 17.4. The maximum absolute atomic E-state index is 12.4. The molecule has 1 atom stereocenters. The van der Waals surface area contributed by atoms with E-state index in [2.05, 4.69) is 5.32 Å². The van der Waals surface area contributed by atoms with Gasteiger partial charge in [0.15, 0.2) is 16.4 Å². The fraction of sp³-hybridized carbons (Fsp3) is 0.529. The lowest BCUT2D eigenvalue weighted by Gasteiger charge is -2.24. The number of hydrogen-bond acceptors (Lipinski definition) is 5. The first kappa shape index (κ1) is 17.0. The second-order valence-corrected chi connectivity index (χ2v) is 9.16. The summed E-state index contributed by atoms with van der Waals surface area (Å²) in [5.74, 6) is -0.867. The van der Waals surface area contributed by atoms with Crippen LogP contribution in [0.15, 0.2) is 30.3 Å². The lowest BCUT2D eigenvalue weighted by Crippen LogP contribution is -2.48. The van der Waals surface area contributed by atoms with Crippen LogP contribution in [0.3, 0.4) is 0 Å². The highest BCUT2D eigenvalue weighted by atomic mass is 32.2. The van der Waals surface area contributed by atoms with Gasteiger partial charge in [-0.15, -0.1) is 0 Å². The Morgan fingerprint density at radius 1 is 1.17 bits per heavy atom. The van der Waals surface area contributed by atoms with Crippen molar-refractivity contribution in [2.45, 2.75) is 37.1 Å². The van der Waals surface area contributed by atoms with Crippen LogP contribution in [-0.2, 0) is 29.6 Å². The zero-order valence-corrected chi connectivity index (χ0v) is 14.4. The van der Waals surface area contributed by atoms with Crippen LogP contribution in [0.4, 0.5) is 0 Å². The van der Waals surface area contributed by atoms with Crippen molar-refractivity contribution in [1.82, 2.24) is 5.32 Å². The van der Waals surface area contributed by atoms with Gasteiger partial charge in [0.1, 0.15) is 0 Å². The third-order valence-corrected chi connectivity index (χ3v) is 6.65. The second kappa shape index (κ2) is 5.88. The number of carbonyl (C=O) groups excluding carboxylic acids is 2. The quantitative estimate of drug-likeness (QED) is 0.798. The molecule has 1 amide bonds. The van der Waals surface area contributed by atoms with Crippen molar-refractivity contribution >= 4 is 21.7 Å². The molecule has 0 bridgehead atoms. The van der Waals surface area contributed by atoms with Crippen LogP contribution >= 0.6 is 0 Å². The van der Waals surface area contributed by atoms with Crippen LogP contribution in [0.1, 0.15) is 31.7 Å². The number of ether oxygens (including phenoxy) is 1. The van der Waals surface area contributed by atoms with E-state index in [0.717, 1.165) is 5.56 Å². The van der Waals surface area contributed by atoms with E-state index >= 15 is 0 Å². The van der Waals surface area contributed by atoms with Crippen molar-refractivity contribution in [1.29, 1.82) is 0 Å². The molecular formula is C17H21NO5S. The van der Waals surface area contributed by atoms with E-state index in [-0.39, 0.29) is 18.1 Å². The summed E-state index contributed by atoms with van der Waals surface area (Å²) in [4.78, 5) is 24.4. The van der Waals surface area contributed by atoms with Gasteiger partial charge < -0.3 is 10.1 Å². The SMILES string of the molecule is C[C@]1(NC(=O)COC(=O)C2(c3ccccc3)CC2)CCS(=O)(=O)C1. The number of sulfone groups is 1. The molecule has 0 radical (unpaired) electrons.